The Bertz CT molecular complexity index is 871. The van der Waals surface area contributed by atoms with Crippen LogP contribution < -0.4 is 0 Å². The molecule has 0 fully saturated rings. The maximum absolute atomic E-state index is 12.5. The molecule has 1 atom stereocenters. The van der Waals surface area contributed by atoms with Gasteiger partial charge in [0.15, 0.2) is 0 Å². The lowest BCUT2D eigenvalue weighted by molar-refractivity contribution is -0.139. The summed E-state index contributed by atoms with van der Waals surface area (Å²) in [6.07, 6.45) is 3.61. The molecular formula is C20H18N2O3. The Labute approximate surface area is 146 Å². The van der Waals surface area contributed by atoms with Crippen LogP contribution >= 0.6 is 0 Å². The Morgan fingerprint density at radius 1 is 1.24 bits per heavy atom. The minimum atomic E-state index is -0.531. The van der Waals surface area contributed by atoms with E-state index in [4.69, 9.17) is 9.47 Å². The summed E-state index contributed by atoms with van der Waals surface area (Å²) in [4.78, 5) is 12.5. The van der Waals surface area contributed by atoms with Gasteiger partial charge in [-0.25, -0.2) is 4.79 Å². The molecule has 0 spiro atoms. The van der Waals surface area contributed by atoms with E-state index in [0.29, 0.717) is 22.8 Å². The molecule has 1 unspecified atom stereocenters. The van der Waals surface area contributed by atoms with E-state index in [1.165, 1.54) is 0 Å². The molecule has 0 saturated heterocycles. The lowest BCUT2D eigenvalue weighted by atomic mass is 9.83. The van der Waals surface area contributed by atoms with Gasteiger partial charge in [0, 0.05) is 12.4 Å². The van der Waals surface area contributed by atoms with E-state index in [1.807, 2.05) is 42.5 Å². The number of hydrogen-bond donors (Lipinski definition) is 0. The van der Waals surface area contributed by atoms with E-state index in [-0.39, 0.29) is 6.61 Å². The number of carbonyl (C=O) groups is 1. The van der Waals surface area contributed by atoms with Gasteiger partial charge >= 0.3 is 5.97 Å². The zero-order chi connectivity index (χ0) is 17.8. The predicted octanol–water partition coefficient (Wildman–Crippen LogP) is 3.83. The van der Waals surface area contributed by atoms with Crippen LogP contribution in [0.3, 0.4) is 0 Å². The van der Waals surface area contributed by atoms with Crippen molar-refractivity contribution >= 4 is 11.9 Å². The third kappa shape index (κ3) is 3.07. The highest BCUT2D eigenvalue weighted by Gasteiger charge is 2.37. The van der Waals surface area contributed by atoms with Crippen molar-refractivity contribution in [3.63, 3.8) is 0 Å². The molecular weight excluding hydrogens is 316 g/mol. The molecule has 5 heteroatoms. The summed E-state index contributed by atoms with van der Waals surface area (Å²) in [5, 5.41) is 9.83. The second-order valence-corrected chi connectivity index (χ2v) is 5.56. The first-order valence-electron chi connectivity index (χ1n) is 8.05. The maximum Gasteiger partial charge on any atom is 0.338 e. The fraction of sp³-hybridized carbons (Fsp3) is 0.200. The van der Waals surface area contributed by atoms with Crippen LogP contribution in [0.2, 0.25) is 0 Å². The highest BCUT2D eigenvalue weighted by molar-refractivity contribution is 5.93. The van der Waals surface area contributed by atoms with Crippen molar-refractivity contribution in [3.8, 4) is 6.07 Å². The number of hydrogen-bond acceptors (Lipinski definition) is 4. The maximum atomic E-state index is 12.5. The molecule has 1 aromatic heterocycles. The van der Waals surface area contributed by atoms with Crippen LogP contribution in [0.5, 0.6) is 0 Å². The molecule has 0 radical (unpaired) electrons. The number of benzene rings is 1. The van der Waals surface area contributed by atoms with E-state index >= 15 is 0 Å². The average molecular weight is 334 g/mol. The number of esters is 1. The fourth-order valence-corrected chi connectivity index (χ4v) is 2.95. The van der Waals surface area contributed by atoms with E-state index in [9.17, 15) is 10.1 Å². The number of nitriles is 1. The fourth-order valence-electron chi connectivity index (χ4n) is 2.95. The molecule has 0 N–H and O–H groups in total. The molecule has 2 heterocycles. The van der Waals surface area contributed by atoms with Gasteiger partial charge in [0.1, 0.15) is 17.4 Å². The number of aromatic nitrogens is 1. The zero-order valence-electron chi connectivity index (χ0n) is 14.1. The van der Waals surface area contributed by atoms with E-state index < -0.39 is 11.9 Å². The summed E-state index contributed by atoms with van der Waals surface area (Å²) in [6, 6.07) is 15.4. The molecule has 5 nitrogen and oxygen atoms in total. The van der Waals surface area contributed by atoms with Gasteiger partial charge in [-0.2, -0.15) is 5.26 Å². The number of allylic oxidation sites excluding steroid dienone is 2. The lowest BCUT2D eigenvalue weighted by Gasteiger charge is -2.28. The van der Waals surface area contributed by atoms with Gasteiger partial charge < -0.3 is 9.47 Å². The van der Waals surface area contributed by atoms with E-state index in [1.54, 1.807) is 30.8 Å². The summed E-state index contributed by atoms with van der Waals surface area (Å²) in [5.74, 6) is -0.147. The van der Waals surface area contributed by atoms with Gasteiger partial charge in [0.25, 0.3) is 0 Å². The third-order valence-electron chi connectivity index (χ3n) is 4.02. The lowest BCUT2D eigenvalue weighted by Crippen LogP contribution is -2.24. The molecule has 25 heavy (non-hydrogen) atoms. The van der Waals surface area contributed by atoms with Gasteiger partial charge in [-0.05, 0) is 31.5 Å². The Morgan fingerprint density at radius 3 is 2.52 bits per heavy atom. The van der Waals surface area contributed by atoms with Gasteiger partial charge in [-0.3, -0.25) is 4.57 Å². The summed E-state index contributed by atoms with van der Waals surface area (Å²) in [5.41, 5.74) is 1.57. The van der Waals surface area contributed by atoms with Crippen LogP contribution in [0.15, 0.2) is 71.8 Å². The van der Waals surface area contributed by atoms with Crippen molar-refractivity contribution in [2.45, 2.75) is 19.8 Å². The number of ether oxygens (including phenoxy) is 2. The Morgan fingerprint density at radius 2 is 1.92 bits per heavy atom. The Kier molecular flexibility index (Phi) is 4.71. The van der Waals surface area contributed by atoms with Crippen molar-refractivity contribution in [2.24, 2.45) is 0 Å². The SMILES string of the molecule is CCOC(=O)C1=C(C)OC(n2cccc2)=C(C#N)C1c1ccccc1. The first kappa shape index (κ1) is 16.6. The molecule has 0 aliphatic carbocycles. The van der Waals surface area contributed by atoms with Crippen LogP contribution in [0, 0.1) is 11.3 Å². The van der Waals surface area contributed by atoms with Gasteiger partial charge in [-0.1, -0.05) is 30.3 Å². The minimum Gasteiger partial charge on any atom is -0.463 e. The van der Waals surface area contributed by atoms with Crippen molar-refractivity contribution < 1.29 is 14.3 Å². The van der Waals surface area contributed by atoms with E-state index in [2.05, 4.69) is 6.07 Å². The van der Waals surface area contributed by atoms with Gasteiger partial charge in [0.05, 0.1) is 18.1 Å². The smallest absolute Gasteiger partial charge is 0.338 e. The molecule has 1 aromatic carbocycles. The normalized spacial score (nSPS) is 17.1. The molecule has 0 bridgehead atoms. The summed E-state index contributed by atoms with van der Waals surface area (Å²) >= 11 is 0. The second kappa shape index (κ2) is 7.10. The number of rotatable bonds is 4. The summed E-state index contributed by atoms with van der Waals surface area (Å²) in [7, 11) is 0. The Hall–Kier alpha value is -3.26. The molecule has 126 valence electrons. The molecule has 3 rings (SSSR count). The first-order valence-corrected chi connectivity index (χ1v) is 8.05. The molecule has 2 aromatic rings. The number of nitrogens with zero attached hydrogens (tertiary/aromatic N) is 2. The number of carbonyl (C=O) groups excluding carboxylic acids is 1. The minimum absolute atomic E-state index is 0.257. The highest BCUT2D eigenvalue weighted by Crippen LogP contribution is 2.41. The highest BCUT2D eigenvalue weighted by atomic mass is 16.5. The zero-order valence-corrected chi connectivity index (χ0v) is 14.1. The Balaban J connectivity index is 2.20. The van der Waals surface area contributed by atoms with Crippen molar-refractivity contribution in [2.75, 3.05) is 6.61 Å². The van der Waals surface area contributed by atoms with Gasteiger partial charge in [-0.15, -0.1) is 0 Å². The summed E-state index contributed by atoms with van der Waals surface area (Å²) < 4.78 is 12.8. The van der Waals surface area contributed by atoms with Crippen LogP contribution in [0.4, 0.5) is 0 Å². The van der Waals surface area contributed by atoms with Crippen LogP contribution in [-0.2, 0) is 14.3 Å². The monoisotopic (exact) mass is 334 g/mol. The largest absolute Gasteiger partial charge is 0.463 e. The van der Waals surface area contributed by atoms with Crippen molar-refractivity contribution in [3.05, 3.63) is 77.3 Å². The summed E-state index contributed by atoms with van der Waals surface area (Å²) in [6.45, 7) is 3.73. The molecule has 1 aliphatic rings. The van der Waals surface area contributed by atoms with Crippen LogP contribution in [0.25, 0.3) is 5.88 Å². The molecule has 0 saturated carbocycles. The average Bonchev–Trinajstić information content (AvgIpc) is 3.16. The molecule has 1 aliphatic heterocycles. The topological polar surface area (TPSA) is 64.2 Å². The third-order valence-corrected chi connectivity index (χ3v) is 4.02. The quantitative estimate of drug-likeness (QED) is 0.797. The van der Waals surface area contributed by atoms with Crippen LogP contribution in [0.1, 0.15) is 25.3 Å². The first-order chi connectivity index (χ1) is 12.2. The van der Waals surface area contributed by atoms with Crippen molar-refractivity contribution in [1.29, 1.82) is 5.26 Å². The molecule has 0 amide bonds. The van der Waals surface area contributed by atoms with E-state index in [0.717, 1.165) is 5.56 Å². The van der Waals surface area contributed by atoms with Crippen molar-refractivity contribution in [1.82, 2.24) is 4.57 Å². The van der Waals surface area contributed by atoms with Crippen LogP contribution in [-0.4, -0.2) is 17.1 Å². The predicted molar refractivity (Wildman–Crippen MR) is 92.9 cm³/mol. The van der Waals surface area contributed by atoms with Gasteiger partial charge in [0.2, 0.25) is 5.88 Å². The second-order valence-electron chi connectivity index (χ2n) is 5.56. The standard InChI is InChI=1S/C20H18N2O3/c1-3-24-20(23)17-14(2)25-19(22-11-7-8-12-22)16(13-21)18(17)15-9-5-4-6-10-15/h4-12,18H,3H2,1-2H3.